The molecule has 3 nitrogen and oxygen atoms in total. The van der Waals surface area contributed by atoms with Crippen LogP contribution in [0.2, 0.25) is 18.1 Å². The first kappa shape index (κ1) is 12.6. The van der Waals surface area contributed by atoms with Crippen molar-refractivity contribution in [2.45, 2.75) is 51.4 Å². The summed E-state index contributed by atoms with van der Waals surface area (Å²) in [5, 5.41) is 0.177. The van der Waals surface area contributed by atoms with Crippen LogP contribution in [-0.4, -0.2) is 18.8 Å². The van der Waals surface area contributed by atoms with Crippen LogP contribution in [0.4, 0.5) is 0 Å². The Bertz CT molecular complexity index is 443. The Hall–Kier alpha value is -0.873. The number of carbonyl (C=O) groups excluding carboxylic acids is 1. The van der Waals surface area contributed by atoms with Crippen LogP contribution in [0.15, 0.2) is 18.3 Å². The minimum Gasteiger partial charge on any atom is -0.408 e. The van der Waals surface area contributed by atoms with Gasteiger partial charge in [-0.15, -0.1) is 0 Å². The van der Waals surface area contributed by atoms with Crippen molar-refractivity contribution < 1.29 is 9.22 Å². The smallest absolute Gasteiger partial charge is 0.233 e. The summed E-state index contributed by atoms with van der Waals surface area (Å²) in [5.74, 6) is 0.147. The van der Waals surface area contributed by atoms with Crippen LogP contribution in [0, 0.1) is 0 Å². The fourth-order valence-electron chi connectivity index (χ4n) is 1.88. The highest BCUT2D eigenvalue weighted by Gasteiger charge is 2.42. The Morgan fingerprint density at radius 1 is 1.41 bits per heavy atom. The predicted molar refractivity (Wildman–Crippen MR) is 70.7 cm³/mol. The van der Waals surface area contributed by atoms with Gasteiger partial charge in [-0.1, -0.05) is 20.8 Å². The molecule has 2 heterocycles. The van der Waals surface area contributed by atoms with E-state index in [0.29, 0.717) is 6.42 Å². The first-order valence-electron chi connectivity index (χ1n) is 6.11. The molecule has 0 unspecified atom stereocenters. The summed E-state index contributed by atoms with van der Waals surface area (Å²) < 4.78 is 8.04. The number of hydrogen-bond donors (Lipinski definition) is 0. The van der Waals surface area contributed by atoms with Crippen LogP contribution < -0.4 is 0 Å². The van der Waals surface area contributed by atoms with Crippen LogP contribution in [0.5, 0.6) is 0 Å². The molecule has 4 heteroatoms. The quantitative estimate of drug-likeness (QED) is 0.752. The van der Waals surface area contributed by atoms with Gasteiger partial charge in [-0.25, -0.2) is 0 Å². The van der Waals surface area contributed by atoms with Crippen molar-refractivity contribution in [3.8, 4) is 0 Å². The Morgan fingerprint density at radius 2 is 2.06 bits per heavy atom. The molecule has 2 rings (SSSR count). The van der Waals surface area contributed by atoms with Crippen molar-refractivity contribution in [3.05, 3.63) is 24.0 Å². The zero-order chi connectivity index (χ0) is 12.8. The molecule has 0 radical (unpaired) electrons. The molecule has 0 bridgehead atoms. The molecular weight excluding hydrogens is 230 g/mol. The number of hydrogen-bond acceptors (Lipinski definition) is 2. The molecular formula is C13H21NO2Si. The molecule has 1 aliphatic heterocycles. The maximum Gasteiger partial charge on any atom is 0.233 e. The third-order valence-corrected chi connectivity index (χ3v) is 8.47. The van der Waals surface area contributed by atoms with E-state index in [9.17, 15) is 4.79 Å². The SMILES string of the molecule is CC(C)(C)[Si](C)(C)O[C@H]1CC(=O)n2cccc21. The van der Waals surface area contributed by atoms with Crippen molar-refractivity contribution in [3.63, 3.8) is 0 Å². The van der Waals surface area contributed by atoms with E-state index >= 15 is 0 Å². The molecule has 0 fully saturated rings. The van der Waals surface area contributed by atoms with Gasteiger partial charge in [0.15, 0.2) is 8.32 Å². The highest BCUT2D eigenvalue weighted by Crippen LogP contribution is 2.42. The van der Waals surface area contributed by atoms with E-state index in [0.717, 1.165) is 5.69 Å². The number of carbonyl (C=O) groups is 1. The van der Waals surface area contributed by atoms with Gasteiger partial charge >= 0.3 is 0 Å². The third kappa shape index (κ3) is 2.11. The summed E-state index contributed by atoms with van der Waals surface area (Å²) in [4.78, 5) is 11.8. The topological polar surface area (TPSA) is 31.2 Å². The van der Waals surface area contributed by atoms with E-state index in [2.05, 4.69) is 33.9 Å². The Balaban J connectivity index is 2.21. The molecule has 94 valence electrons. The molecule has 0 spiro atoms. The molecule has 0 aliphatic carbocycles. The van der Waals surface area contributed by atoms with Gasteiger partial charge in [0.25, 0.3) is 0 Å². The van der Waals surface area contributed by atoms with Gasteiger partial charge < -0.3 is 4.43 Å². The summed E-state index contributed by atoms with van der Waals surface area (Å²) in [6.45, 7) is 11.1. The van der Waals surface area contributed by atoms with Crippen LogP contribution in [-0.2, 0) is 4.43 Å². The average molecular weight is 251 g/mol. The lowest BCUT2D eigenvalue weighted by atomic mass is 10.2. The molecule has 1 aromatic rings. The number of nitrogens with zero attached hydrogens (tertiary/aromatic N) is 1. The zero-order valence-corrected chi connectivity index (χ0v) is 12.3. The first-order valence-corrected chi connectivity index (χ1v) is 9.01. The molecule has 1 aliphatic rings. The van der Waals surface area contributed by atoms with Crippen LogP contribution in [0.25, 0.3) is 0 Å². The van der Waals surface area contributed by atoms with Gasteiger partial charge in [0.1, 0.15) is 0 Å². The molecule has 0 saturated carbocycles. The van der Waals surface area contributed by atoms with Crippen LogP contribution in [0.1, 0.15) is 43.8 Å². The fourth-order valence-corrected chi connectivity index (χ4v) is 3.15. The molecule has 0 N–H and O–H groups in total. The number of aromatic nitrogens is 1. The summed E-state index contributed by atoms with van der Waals surface area (Å²) >= 11 is 0. The monoisotopic (exact) mass is 251 g/mol. The minimum atomic E-state index is -1.81. The summed E-state index contributed by atoms with van der Waals surface area (Å²) in [7, 11) is -1.81. The summed E-state index contributed by atoms with van der Waals surface area (Å²) in [6.07, 6.45) is 2.27. The second kappa shape index (κ2) is 3.82. The number of fused-ring (bicyclic) bond motifs is 1. The van der Waals surface area contributed by atoms with Gasteiger partial charge in [0, 0.05) is 6.20 Å². The average Bonchev–Trinajstić information content (AvgIpc) is 2.70. The molecule has 1 aromatic heterocycles. The second-order valence-electron chi connectivity index (χ2n) is 6.27. The molecule has 0 amide bonds. The van der Waals surface area contributed by atoms with E-state index in [1.807, 2.05) is 18.3 Å². The van der Waals surface area contributed by atoms with Crippen LogP contribution >= 0.6 is 0 Å². The van der Waals surface area contributed by atoms with E-state index in [1.165, 1.54) is 0 Å². The third-order valence-electron chi connectivity index (χ3n) is 3.98. The largest absolute Gasteiger partial charge is 0.408 e. The summed E-state index contributed by atoms with van der Waals surface area (Å²) in [6, 6.07) is 3.90. The fraction of sp³-hybridized carbons (Fsp3) is 0.615. The molecule has 17 heavy (non-hydrogen) atoms. The normalized spacial score (nSPS) is 20.8. The predicted octanol–water partition coefficient (Wildman–Crippen LogP) is 3.59. The van der Waals surface area contributed by atoms with Crippen molar-refractivity contribution >= 4 is 14.2 Å². The standard InChI is InChI=1S/C13H21NO2Si/c1-13(2,3)17(4,5)16-11-9-12(15)14-8-6-7-10(11)14/h6-8,11H,9H2,1-5H3/t11-/m0/s1. The van der Waals surface area contributed by atoms with Crippen molar-refractivity contribution in [1.82, 2.24) is 4.57 Å². The molecule has 0 saturated heterocycles. The second-order valence-corrected chi connectivity index (χ2v) is 11.0. The van der Waals surface area contributed by atoms with Gasteiger partial charge in [0.2, 0.25) is 5.91 Å². The Morgan fingerprint density at radius 3 is 2.65 bits per heavy atom. The maximum atomic E-state index is 11.8. The van der Waals surface area contributed by atoms with Gasteiger partial charge in [-0.3, -0.25) is 9.36 Å². The minimum absolute atomic E-state index is 0.0432. The number of rotatable bonds is 2. The van der Waals surface area contributed by atoms with Gasteiger partial charge in [-0.2, -0.15) is 0 Å². The molecule has 1 atom stereocenters. The maximum absolute atomic E-state index is 11.8. The van der Waals surface area contributed by atoms with E-state index in [-0.39, 0.29) is 17.0 Å². The van der Waals surface area contributed by atoms with Gasteiger partial charge in [-0.05, 0) is 30.3 Å². The Labute approximate surface area is 104 Å². The molecule has 0 aromatic carbocycles. The first-order chi connectivity index (χ1) is 7.72. The van der Waals surface area contributed by atoms with E-state index in [1.54, 1.807) is 4.57 Å². The van der Waals surface area contributed by atoms with Gasteiger partial charge in [0.05, 0.1) is 18.2 Å². The van der Waals surface area contributed by atoms with Crippen LogP contribution in [0.3, 0.4) is 0 Å². The lowest BCUT2D eigenvalue weighted by Crippen LogP contribution is -2.41. The van der Waals surface area contributed by atoms with Crippen molar-refractivity contribution in [2.24, 2.45) is 0 Å². The lowest BCUT2D eigenvalue weighted by Gasteiger charge is -2.38. The highest BCUT2D eigenvalue weighted by atomic mass is 28.4. The highest BCUT2D eigenvalue weighted by molar-refractivity contribution is 6.74. The van der Waals surface area contributed by atoms with Crippen molar-refractivity contribution in [2.75, 3.05) is 0 Å². The lowest BCUT2D eigenvalue weighted by molar-refractivity contribution is 0.0884. The van der Waals surface area contributed by atoms with E-state index in [4.69, 9.17) is 4.43 Å². The van der Waals surface area contributed by atoms with E-state index < -0.39 is 8.32 Å². The van der Waals surface area contributed by atoms with Crippen molar-refractivity contribution in [1.29, 1.82) is 0 Å². The Kier molecular flexibility index (Phi) is 2.82. The zero-order valence-electron chi connectivity index (χ0n) is 11.3. The summed E-state index contributed by atoms with van der Waals surface area (Å²) in [5.41, 5.74) is 1.01.